The van der Waals surface area contributed by atoms with E-state index in [1.165, 1.54) is 10.7 Å². The van der Waals surface area contributed by atoms with Crippen molar-refractivity contribution in [2.24, 2.45) is 0 Å². The van der Waals surface area contributed by atoms with Crippen LogP contribution in [0.4, 0.5) is 0 Å². The van der Waals surface area contributed by atoms with Gasteiger partial charge in [0.1, 0.15) is 5.76 Å². The van der Waals surface area contributed by atoms with Crippen LogP contribution in [0.3, 0.4) is 0 Å². The van der Waals surface area contributed by atoms with Crippen LogP contribution in [-0.4, -0.2) is 5.97 Å². The lowest BCUT2D eigenvalue weighted by molar-refractivity contribution is 0.0717. The van der Waals surface area contributed by atoms with E-state index in [2.05, 4.69) is 73.8 Å². The van der Waals surface area contributed by atoms with E-state index in [1.54, 1.807) is 6.07 Å². The Hall–Kier alpha value is -0.160. The van der Waals surface area contributed by atoms with E-state index in [4.69, 9.17) is 4.74 Å². The number of halogens is 3. The van der Waals surface area contributed by atoms with Crippen LogP contribution in [0.1, 0.15) is 21.5 Å². The summed E-state index contributed by atoms with van der Waals surface area (Å²) in [6.07, 6.45) is 1.93. The van der Waals surface area contributed by atoms with Crippen molar-refractivity contribution >= 4 is 85.6 Å². The molecule has 5 heteroatoms. The fourth-order valence-electron chi connectivity index (χ4n) is 1.99. The summed E-state index contributed by atoms with van der Waals surface area (Å²) in [6, 6.07) is 11.6. The van der Waals surface area contributed by atoms with Gasteiger partial charge in [-0.3, -0.25) is 0 Å². The molecule has 3 rings (SSSR count). The van der Waals surface area contributed by atoms with Crippen molar-refractivity contribution in [1.29, 1.82) is 0 Å². The second kappa shape index (κ2) is 5.91. The number of hydrogen-bond acceptors (Lipinski definition) is 2. The molecule has 1 aliphatic rings. The summed E-state index contributed by atoms with van der Waals surface area (Å²) >= 11 is 6.97. The number of carbonyl (C=O) groups excluding carboxylic acids is 1. The molecule has 0 saturated carbocycles. The number of hydrogen-bond donors (Lipinski definition) is 0. The van der Waals surface area contributed by atoms with Crippen LogP contribution >= 0.6 is 67.8 Å². The Labute approximate surface area is 157 Å². The highest BCUT2D eigenvalue weighted by Gasteiger charge is 2.25. The Balaban J connectivity index is 2.12. The molecule has 2 aromatic carbocycles. The maximum Gasteiger partial charge on any atom is 0.344 e. The highest BCUT2D eigenvalue weighted by molar-refractivity contribution is 14.1. The first-order valence-electron chi connectivity index (χ1n) is 5.74. The van der Waals surface area contributed by atoms with Gasteiger partial charge in [-0.25, -0.2) is 4.79 Å². The molecule has 0 aromatic heterocycles. The zero-order valence-electron chi connectivity index (χ0n) is 9.99. The number of cyclic esters (lactones) is 1. The Morgan fingerprint density at radius 2 is 1.60 bits per heavy atom. The summed E-state index contributed by atoms with van der Waals surface area (Å²) in [7, 11) is 0. The summed E-state index contributed by atoms with van der Waals surface area (Å²) in [5.74, 6) is 0.350. The average Bonchev–Trinajstić information content (AvgIpc) is 2.77. The van der Waals surface area contributed by atoms with Crippen LogP contribution in [-0.2, 0) is 4.74 Å². The fraction of sp³-hybridized carbons (Fsp3) is 0. The molecule has 0 fully saturated rings. The normalized spacial score (nSPS) is 15.3. The third-order valence-corrected chi connectivity index (χ3v) is 8.21. The second-order valence-electron chi connectivity index (χ2n) is 4.21. The molecule has 1 heterocycles. The van der Waals surface area contributed by atoms with Crippen LogP contribution < -0.4 is 0 Å². The van der Waals surface area contributed by atoms with Crippen molar-refractivity contribution in [3.05, 3.63) is 63.8 Å². The van der Waals surface area contributed by atoms with Crippen molar-refractivity contribution in [3.63, 3.8) is 0 Å². The molecule has 1 aliphatic heterocycles. The predicted molar refractivity (Wildman–Crippen MR) is 104 cm³/mol. The summed E-state index contributed by atoms with van der Waals surface area (Å²) in [6.45, 7) is 0. The molecule has 100 valence electrons. The predicted octanol–water partition coefficient (Wildman–Crippen LogP) is 5.17. The molecule has 0 N–H and O–H groups in total. The molecule has 0 aliphatic carbocycles. The molecular weight excluding hydrogens is 593 g/mol. The summed E-state index contributed by atoms with van der Waals surface area (Å²) in [5.41, 5.74) is 2.56. The number of fused-ring (bicyclic) bond motifs is 1. The van der Waals surface area contributed by atoms with Gasteiger partial charge in [-0.05, 0) is 91.5 Å². The molecule has 20 heavy (non-hydrogen) atoms. The van der Waals surface area contributed by atoms with Crippen LogP contribution in [0.15, 0.2) is 36.4 Å². The largest absolute Gasteiger partial charge is 0.422 e. The quantitative estimate of drug-likeness (QED) is 0.257. The SMILES string of the molecule is O=C1O/C(=C\c2ccc(I)c(I)c2I)c2ccccc21. The number of esters is 1. The minimum atomic E-state index is -0.276. The molecule has 0 bridgehead atoms. The first-order valence-corrected chi connectivity index (χ1v) is 8.98. The number of rotatable bonds is 1. The molecule has 0 atom stereocenters. The molecule has 0 spiro atoms. The zero-order valence-corrected chi connectivity index (χ0v) is 16.5. The van der Waals surface area contributed by atoms with Gasteiger partial charge in [-0.1, -0.05) is 24.3 Å². The van der Waals surface area contributed by atoms with Crippen molar-refractivity contribution < 1.29 is 9.53 Å². The lowest BCUT2D eigenvalue weighted by Gasteiger charge is -2.05. The summed E-state index contributed by atoms with van der Waals surface area (Å²) < 4.78 is 8.98. The second-order valence-corrected chi connectivity index (χ2v) is 7.53. The molecule has 0 unspecified atom stereocenters. The van der Waals surface area contributed by atoms with Gasteiger partial charge < -0.3 is 4.74 Å². The number of benzene rings is 2. The Bertz CT molecular complexity index is 751. The van der Waals surface area contributed by atoms with Crippen molar-refractivity contribution in [2.75, 3.05) is 0 Å². The molecule has 2 aromatic rings. The first-order chi connectivity index (χ1) is 9.58. The monoisotopic (exact) mass is 600 g/mol. The highest BCUT2D eigenvalue weighted by atomic mass is 127. The highest BCUT2D eigenvalue weighted by Crippen LogP contribution is 2.33. The van der Waals surface area contributed by atoms with Crippen molar-refractivity contribution in [1.82, 2.24) is 0 Å². The van der Waals surface area contributed by atoms with E-state index >= 15 is 0 Å². The minimum Gasteiger partial charge on any atom is -0.422 e. The van der Waals surface area contributed by atoms with Gasteiger partial charge in [0, 0.05) is 16.3 Å². The number of ether oxygens (including phenoxy) is 1. The van der Waals surface area contributed by atoms with Crippen LogP contribution in [0, 0.1) is 10.7 Å². The average molecular weight is 600 g/mol. The topological polar surface area (TPSA) is 26.3 Å². The van der Waals surface area contributed by atoms with Gasteiger partial charge >= 0.3 is 5.97 Å². The zero-order chi connectivity index (χ0) is 14.3. The molecular formula is C15H7I3O2. The Morgan fingerprint density at radius 1 is 0.900 bits per heavy atom. The van der Waals surface area contributed by atoms with Gasteiger partial charge in [-0.15, -0.1) is 0 Å². The van der Waals surface area contributed by atoms with E-state index in [0.717, 1.165) is 11.1 Å². The third kappa shape index (κ3) is 2.63. The summed E-state index contributed by atoms with van der Waals surface area (Å²) in [4.78, 5) is 11.8. The molecule has 0 radical (unpaired) electrons. The number of carbonyl (C=O) groups is 1. The summed E-state index contributed by atoms with van der Waals surface area (Å²) in [5, 5.41) is 0. The van der Waals surface area contributed by atoms with Crippen LogP contribution in [0.25, 0.3) is 11.8 Å². The van der Waals surface area contributed by atoms with Gasteiger partial charge in [0.15, 0.2) is 0 Å². The Morgan fingerprint density at radius 3 is 2.35 bits per heavy atom. The molecule has 0 amide bonds. The lowest BCUT2D eigenvalue weighted by atomic mass is 10.1. The van der Waals surface area contributed by atoms with Gasteiger partial charge in [0.05, 0.1) is 5.56 Å². The lowest BCUT2D eigenvalue weighted by Crippen LogP contribution is -1.93. The van der Waals surface area contributed by atoms with Gasteiger partial charge in [-0.2, -0.15) is 0 Å². The van der Waals surface area contributed by atoms with Crippen molar-refractivity contribution in [3.8, 4) is 0 Å². The maximum absolute atomic E-state index is 11.8. The van der Waals surface area contributed by atoms with E-state index in [-0.39, 0.29) is 5.97 Å². The smallest absolute Gasteiger partial charge is 0.344 e. The van der Waals surface area contributed by atoms with E-state index < -0.39 is 0 Å². The van der Waals surface area contributed by atoms with Crippen LogP contribution in [0.5, 0.6) is 0 Å². The van der Waals surface area contributed by atoms with Crippen molar-refractivity contribution in [2.45, 2.75) is 0 Å². The first kappa shape index (κ1) is 14.8. The molecule has 0 saturated heterocycles. The maximum atomic E-state index is 11.8. The Kier molecular flexibility index (Phi) is 4.37. The van der Waals surface area contributed by atoms with E-state index in [0.29, 0.717) is 11.3 Å². The van der Waals surface area contributed by atoms with Gasteiger partial charge in [0.2, 0.25) is 0 Å². The third-order valence-electron chi connectivity index (χ3n) is 2.97. The van der Waals surface area contributed by atoms with Crippen LogP contribution in [0.2, 0.25) is 0 Å². The standard InChI is InChI=1S/C15H7I3O2/c16-11-6-5-8(13(17)14(11)18)7-12-9-3-1-2-4-10(9)15(19)20-12/h1-7H/b12-7-. The molecule has 2 nitrogen and oxygen atoms in total. The fourth-order valence-corrected chi connectivity index (χ4v) is 4.07. The van der Waals surface area contributed by atoms with Gasteiger partial charge in [0.25, 0.3) is 0 Å². The minimum absolute atomic E-state index is 0.276. The van der Waals surface area contributed by atoms with E-state index in [1.807, 2.05) is 30.3 Å². The van der Waals surface area contributed by atoms with E-state index in [9.17, 15) is 4.79 Å².